The number of rotatable bonds is 2. The molecule has 2 aromatic rings. The highest BCUT2D eigenvalue weighted by Crippen LogP contribution is 2.37. The minimum Gasteiger partial charge on any atom is -0.423 e. The molecule has 0 fully saturated rings. The van der Waals surface area contributed by atoms with Crippen LogP contribution in [0, 0.1) is 0 Å². The second-order valence-electron chi connectivity index (χ2n) is 5.54. The van der Waals surface area contributed by atoms with Crippen LogP contribution in [0.3, 0.4) is 0 Å². The Bertz CT molecular complexity index is 633. The lowest BCUT2D eigenvalue weighted by Gasteiger charge is -2.24. The molecule has 0 aliphatic carbocycles. The molecule has 0 N–H and O–H groups in total. The molecule has 0 unspecified atom stereocenters. The summed E-state index contributed by atoms with van der Waals surface area (Å²) >= 11 is 0. The Labute approximate surface area is 113 Å². The van der Waals surface area contributed by atoms with E-state index in [0.717, 1.165) is 16.3 Å². The van der Waals surface area contributed by atoms with Gasteiger partial charge in [-0.1, -0.05) is 57.7 Å². The molecule has 0 bridgehead atoms. The monoisotopic (exact) mass is 254 g/mol. The average molecular weight is 254 g/mol. The Morgan fingerprint density at radius 2 is 1.84 bits per heavy atom. The third-order valence-electron chi connectivity index (χ3n) is 3.02. The van der Waals surface area contributed by atoms with E-state index in [1.807, 2.05) is 24.3 Å². The SMILES string of the molecule is C=CC(=O)Oc1ccc2ccccc2c1C(C)(C)C. The topological polar surface area (TPSA) is 26.3 Å². The van der Waals surface area contributed by atoms with Crippen LogP contribution in [0.1, 0.15) is 26.3 Å². The van der Waals surface area contributed by atoms with Crippen molar-refractivity contribution in [2.24, 2.45) is 0 Å². The van der Waals surface area contributed by atoms with E-state index in [2.05, 4.69) is 39.5 Å². The third kappa shape index (κ3) is 2.68. The van der Waals surface area contributed by atoms with Gasteiger partial charge in [-0.05, 0) is 22.3 Å². The van der Waals surface area contributed by atoms with Crippen LogP contribution in [0.4, 0.5) is 0 Å². The zero-order valence-corrected chi connectivity index (χ0v) is 11.6. The Kier molecular flexibility index (Phi) is 3.43. The predicted molar refractivity (Wildman–Crippen MR) is 78.5 cm³/mol. The van der Waals surface area contributed by atoms with Gasteiger partial charge in [-0.15, -0.1) is 0 Å². The molecule has 2 aromatic carbocycles. The summed E-state index contributed by atoms with van der Waals surface area (Å²) in [5.74, 6) is 0.178. The fourth-order valence-corrected chi connectivity index (χ4v) is 2.26. The van der Waals surface area contributed by atoms with Gasteiger partial charge in [-0.25, -0.2) is 4.79 Å². The smallest absolute Gasteiger partial charge is 0.335 e. The lowest BCUT2D eigenvalue weighted by atomic mass is 9.83. The zero-order chi connectivity index (χ0) is 14.0. The summed E-state index contributed by atoms with van der Waals surface area (Å²) in [5, 5.41) is 2.26. The molecule has 0 atom stereocenters. The Morgan fingerprint density at radius 3 is 2.47 bits per heavy atom. The first-order chi connectivity index (χ1) is 8.93. The largest absolute Gasteiger partial charge is 0.423 e. The molecule has 0 saturated heterocycles. The molecule has 0 spiro atoms. The number of benzene rings is 2. The summed E-state index contributed by atoms with van der Waals surface area (Å²) in [4.78, 5) is 11.5. The van der Waals surface area contributed by atoms with Gasteiger partial charge in [0.2, 0.25) is 0 Å². The van der Waals surface area contributed by atoms with Crippen molar-refractivity contribution in [1.82, 2.24) is 0 Å². The molecule has 0 aromatic heterocycles. The maximum atomic E-state index is 11.5. The Hall–Kier alpha value is -2.09. The van der Waals surface area contributed by atoms with Crippen molar-refractivity contribution >= 4 is 16.7 Å². The fraction of sp³-hybridized carbons (Fsp3) is 0.235. The van der Waals surface area contributed by atoms with Crippen molar-refractivity contribution in [3.05, 3.63) is 54.6 Å². The number of hydrogen-bond acceptors (Lipinski definition) is 2. The first kappa shape index (κ1) is 13.3. The van der Waals surface area contributed by atoms with Gasteiger partial charge >= 0.3 is 5.97 Å². The van der Waals surface area contributed by atoms with Crippen molar-refractivity contribution in [3.8, 4) is 5.75 Å². The van der Waals surface area contributed by atoms with Gasteiger partial charge in [0.05, 0.1) is 0 Å². The lowest BCUT2D eigenvalue weighted by Crippen LogP contribution is -2.16. The van der Waals surface area contributed by atoms with Crippen molar-refractivity contribution in [2.45, 2.75) is 26.2 Å². The normalized spacial score (nSPS) is 11.3. The van der Waals surface area contributed by atoms with Crippen LogP contribution < -0.4 is 4.74 Å². The standard InChI is InChI=1S/C17H18O2/c1-5-15(18)19-14-11-10-12-8-6-7-9-13(12)16(14)17(2,3)4/h5-11H,1H2,2-4H3. The van der Waals surface area contributed by atoms with E-state index in [1.165, 1.54) is 6.08 Å². The van der Waals surface area contributed by atoms with Gasteiger partial charge in [0.25, 0.3) is 0 Å². The molecular formula is C17H18O2. The summed E-state index contributed by atoms with van der Waals surface area (Å²) in [7, 11) is 0. The van der Waals surface area contributed by atoms with E-state index in [-0.39, 0.29) is 5.41 Å². The van der Waals surface area contributed by atoms with E-state index in [0.29, 0.717) is 5.75 Å². The molecule has 2 nitrogen and oxygen atoms in total. The van der Waals surface area contributed by atoms with Crippen LogP contribution in [0.2, 0.25) is 0 Å². The summed E-state index contributed by atoms with van der Waals surface area (Å²) in [6, 6.07) is 11.9. The van der Waals surface area contributed by atoms with Gasteiger partial charge in [0, 0.05) is 11.6 Å². The molecule has 2 rings (SSSR count). The Balaban J connectivity index is 2.70. The van der Waals surface area contributed by atoms with Crippen LogP contribution in [0.5, 0.6) is 5.75 Å². The fourth-order valence-electron chi connectivity index (χ4n) is 2.26. The number of ether oxygens (including phenoxy) is 1. The average Bonchev–Trinajstić information content (AvgIpc) is 2.36. The van der Waals surface area contributed by atoms with Crippen molar-refractivity contribution in [1.29, 1.82) is 0 Å². The first-order valence-corrected chi connectivity index (χ1v) is 6.30. The quantitative estimate of drug-likeness (QED) is 0.455. The maximum absolute atomic E-state index is 11.5. The number of fused-ring (bicyclic) bond motifs is 1. The number of carbonyl (C=O) groups excluding carboxylic acids is 1. The first-order valence-electron chi connectivity index (χ1n) is 6.30. The Morgan fingerprint density at radius 1 is 1.16 bits per heavy atom. The summed E-state index contributed by atoms with van der Waals surface area (Å²) in [6.07, 6.45) is 1.18. The molecule has 0 saturated carbocycles. The van der Waals surface area contributed by atoms with Crippen molar-refractivity contribution in [3.63, 3.8) is 0 Å². The van der Waals surface area contributed by atoms with Gasteiger partial charge in [-0.3, -0.25) is 0 Å². The highest BCUT2D eigenvalue weighted by atomic mass is 16.5. The molecule has 0 radical (unpaired) electrons. The molecule has 0 amide bonds. The van der Waals surface area contributed by atoms with Gasteiger partial charge in [0.15, 0.2) is 0 Å². The molecule has 98 valence electrons. The lowest BCUT2D eigenvalue weighted by molar-refractivity contribution is -0.129. The predicted octanol–water partition coefficient (Wildman–Crippen LogP) is 4.23. The van der Waals surface area contributed by atoms with Gasteiger partial charge in [0.1, 0.15) is 5.75 Å². The van der Waals surface area contributed by atoms with Crippen molar-refractivity contribution < 1.29 is 9.53 Å². The number of esters is 1. The number of hydrogen-bond donors (Lipinski definition) is 0. The summed E-state index contributed by atoms with van der Waals surface area (Å²) < 4.78 is 5.37. The molecule has 2 heteroatoms. The highest BCUT2D eigenvalue weighted by Gasteiger charge is 2.22. The van der Waals surface area contributed by atoms with Crippen LogP contribution in [-0.2, 0) is 10.2 Å². The van der Waals surface area contributed by atoms with Crippen molar-refractivity contribution in [2.75, 3.05) is 0 Å². The van der Waals surface area contributed by atoms with Crippen LogP contribution in [0.15, 0.2) is 49.1 Å². The van der Waals surface area contributed by atoms with E-state index < -0.39 is 5.97 Å². The second kappa shape index (κ2) is 4.88. The minimum atomic E-state index is -0.430. The molecule has 0 aliphatic heterocycles. The van der Waals surface area contributed by atoms with Gasteiger partial charge < -0.3 is 4.74 Å². The summed E-state index contributed by atoms with van der Waals surface area (Å²) in [6.45, 7) is 9.77. The minimum absolute atomic E-state index is 0.113. The zero-order valence-electron chi connectivity index (χ0n) is 11.6. The van der Waals surface area contributed by atoms with Crippen LogP contribution >= 0.6 is 0 Å². The summed E-state index contributed by atoms with van der Waals surface area (Å²) in [5.41, 5.74) is 0.929. The number of carbonyl (C=O) groups is 1. The van der Waals surface area contributed by atoms with Crippen LogP contribution in [-0.4, -0.2) is 5.97 Å². The third-order valence-corrected chi connectivity index (χ3v) is 3.02. The van der Waals surface area contributed by atoms with E-state index >= 15 is 0 Å². The molecular weight excluding hydrogens is 236 g/mol. The highest BCUT2D eigenvalue weighted by molar-refractivity contribution is 5.91. The molecule has 0 heterocycles. The molecule has 19 heavy (non-hydrogen) atoms. The molecule has 0 aliphatic rings. The second-order valence-corrected chi connectivity index (χ2v) is 5.54. The van der Waals surface area contributed by atoms with E-state index in [9.17, 15) is 4.79 Å². The van der Waals surface area contributed by atoms with E-state index in [4.69, 9.17) is 4.74 Å². The van der Waals surface area contributed by atoms with Gasteiger partial charge in [-0.2, -0.15) is 0 Å². The maximum Gasteiger partial charge on any atom is 0.335 e. The van der Waals surface area contributed by atoms with Crippen LogP contribution in [0.25, 0.3) is 10.8 Å². The van der Waals surface area contributed by atoms with E-state index in [1.54, 1.807) is 0 Å².